The van der Waals surface area contributed by atoms with Gasteiger partial charge in [0.15, 0.2) is 17.3 Å². The van der Waals surface area contributed by atoms with Gasteiger partial charge in [0, 0.05) is 19.3 Å². The summed E-state index contributed by atoms with van der Waals surface area (Å²) in [5, 5.41) is 9.25. The lowest BCUT2D eigenvalue weighted by molar-refractivity contribution is 0.412. The smallest absolute Gasteiger partial charge is 0.240 e. The summed E-state index contributed by atoms with van der Waals surface area (Å²) < 4.78 is 28.9. The van der Waals surface area contributed by atoms with E-state index in [4.69, 9.17) is 0 Å². The summed E-state index contributed by atoms with van der Waals surface area (Å²) in [6, 6.07) is 12.0. The zero-order valence-corrected chi connectivity index (χ0v) is 18.9. The zero-order chi connectivity index (χ0) is 23.3. The molecule has 0 spiro atoms. The molecule has 0 aliphatic heterocycles. The van der Waals surface area contributed by atoms with Gasteiger partial charge in [-0.25, -0.2) is 28.1 Å². The molecule has 0 aliphatic carbocycles. The van der Waals surface area contributed by atoms with Crippen molar-refractivity contribution >= 4 is 33.1 Å². The number of anilines is 1. The maximum absolute atomic E-state index is 12.4. The molecule has 33 heavy (non-hydrogen) atoms. The summed E-state index contributed by atoms with van der Waals surface area (Å²) in [7, 11) is 0.220. The summed E-state index contributed by atoms with van der Waals surface area (Å²) in [6.07, 6.45) is 6.33. The molecule has 0 saturated carbocycles. The van der Waals surface area contributed by atoms with E-state index in [1.807, 2.05) is 37.2 Å². The number of likely N-dealkylation sites (N-methyl/N-ethyl adjacent to an activating group) is 1. The van der Waals surface area contributed by atoms with Crippen molar-refractivity contribution in [1.82, 2.24) is 34.4 Å². The van der Waals surface area contributed by atoms with Crippen molar-refractivity contribution in [2.45, 2.75) is 4.90 Å². The molecule has 0 amide bonds. The summed E-state index contributed by atoms with van der Waals surface area (Å²) in [6.45, 7) is 0.958. The number of fused-ring (bicyclic) bond motifs is 1. The quantitative estimate of drug-likeness (QED) is 0.281. The SMILES string of the molecule is CN(C)CCNS(=O)(=O)c1ccc(/C=N/Nc2ncnc3c2cnn3-c2ccccn2)cc1. The number of hydrazone groups is 1. The Hall–Kier alpha value is -3.74. The molecule has 0 saturated heterocycles. The van der Waals surface area contributed by atoms with Crippen LogP contribution in [0, 0.1) is 0 Å². The van der Waals surface area contributed by atoms with Gasteiger partial charge in [-0.1, -0.05) is 18.2 Å². The second-order valence-electron chi connectivity index (χ2n) is 7.34. The highest BCUT2D eigenvalue weighted by Gasteiger charge is 2.13. The Morgan fingerprint density at radius 2 is 1.91 bits per heavy atom. The first-order valence-corrected chi connectivity index (χ1v) is 11.6. The molecule has 4 aromatic rings. The molecule has 0 radical (unpaired) electrons. The molecular weight excluding hydrogens is 442 g/mol. The van der Waals surface area contributed by atoms with E-state index in [0.717, 1.165) is 5.56 Å². The van der Waals surface area contributed by atoms with E-state index < -0.39 is 10.0 Å². The molecule has 0 atom stereocenters. The van der Waals surface area contributed by atoms with Gasteiger partial charge in [-0.15, -0.1) is 0 Å². The predicted molar refractivity (Wildman–Crippen MR) is 126 cm³/mol. The van der Waals surface area contributed by atoms with E-state index in [-0.39, 0.29) is 4.90 Å². The fourth-order valence-electron chi connectivity index (χ4n) is 2.97. The van der Waals surface area contributed by atoms with Crippen molar-refractivity contribution in [3.63, 3.8) is 0 Å². The molecule has 4 rings (SSSR count). The van der Waals surface area contributed by atoms with Crippen LogP contribution in [0.2, 0.25) is 0 Å². The summed E-state index contributed by atoms with van der Waals surface area (Å²) in [5.41, 5.74) is 4.21. The third kappa shape index (κ3) is 5.37. The average molecular weight is 466 g/mol. The number of hydrogen-bond donors (Lipinski definition) is 2. The predicted octanol–water partition coefficient (Wildman–Crippen LogP) is 1.50. The molecule has 170 valence electrons. The minimum Gasteiger partial charge on any atom is -0.308 e. The van der Waals surface area contributed by atoms with Gasteiger partial charge in [-0.3, -0.25) is 5.43 Å². The number of pyridine rings is 1. The van der Waals surface area contributed by atoms with Crippen molar-refractivity contribution in [3.05, 3.63) is 66.7 Å². The Balaban J connectivity index is 1.45. The molecule has 3 heterocycles. The Labute approximate surface area is 191 Å². The van der Waals surface area contributed by atoms with E-state index in [9.17, 15) is 8.42 Å². The highest BCUT2D eigenvalue weighted by molar-refractivity contribution is 7.89. The largest absolute Gasteiger partial charge is 0.308 e. The molecule has 11 nitrogen and oxygen atoms in total. The maximum Gasteiger partial charge on any atom is 0.240 e. The van der Waals surface area contributed by atoms with Gasteiger partial charge in [-0.2, -0.15) is 14.9 Å². The third-order valence-corrected chi connectivity index (χ3v) is 6.13. The van der Waals surface area contributed by atoms with E-state index >= 15 is 0 Å². The van der Waals surface area contributed by atoms with Crippen LogP contribution in [-0.2, 0) is 10.0 Å². The third-order valence-electron chi connectivity index (χ3n) is 4.66. The van der Waals surface area contributed by atoms with Gasteiger partial charge in [-0.05, 0) is 43.9 Å². The minimum atomic E-state index is -3.55. The van der Waals surface area contributed by atoms with Crippen molar-refractivity contribution in [3.8, 4) is 5.82 Å². The first kappa shape index (κ1) is 22.5. The Morgan fingerprint density at radius 3 is 2.64 bits per heavy atom. The Kier molecular flexibility index (Phi) is 6.68. The van der Waals surface area contributed by atoms with Gasteiger partial charge in [0.2, 0.25) is 10.0 Å². The van der Waals surface area contributed by atoms with Gasteiger partial charge in [0.1, 0.15) is 6.33 Å². The van der Waals surface area contributed by atoms with Crippen LogP contribution >= 0.6 is 0 Å². The first-order valence-electron chi connectivity index (χ1n) is 10.1. The maximum atomic E-state index is 12.4. The number of aromatic nitrogens is 5. The zero-order valence-electron chi connectivity index (χ0n) is 18.1. The number of rotatable bonds is 9. The highest BCUT2D eigenvalue weighted by Crippen LogP contribution is 2.20. The molecule has 0 unspecified atom stereocenters. The highest BCUT2D eigenvalue weighted by atomic mass is 32.2. The second kappa shape index (κ2) is 9.81. The number of nitrogens with zero attached hydrogens (tertiary/aromatic N) is 7. The molecule has 2 N–H and O–H groups in total. The van der Waals surface area contributed by atoms with E-state index in [1.165, 1.54) is 6.33 Å². The van der Waals surface area contributed by atoms with Crippen LogP contribution in [0.3, 0.4) is 0 Å². The van der Waals surface area contributed by atoms with Crippen LogP contribution in [0.4, 0.5) is 5.82 Å². The van der Waals surface area contributed by atoms with E-state index in [0.29, 0.717) is 35.8 Å². The lowest BCUT2D eigenvalue weighted by atomic mass is 10.2. The molecule has 0 aliphatic rings. The summed E-state index contributed by atoms with van der Waals surface area (Å²) >= 11 is 0. The Bertz CT molecular complexity index is 1350. The first-order chi connectivity index (χ1) is 15.9. The number of benzene rings is 1. The fraction of sp³-hybridized carbons (Fsp3) is 0.190. The van der Waals surface area contributed by atoms with E-state index in [1.54, 1.807) is 47.6 Å². The van der Waals surface area contributed by atoms with Crippen LogP contribution in [0.5, 0.6) is 0 Å². The average Bonchev–Trinajstić information content (AvgIpc) is 3.25. The van der Waals surface area contributed by atoms with Crippen molar-refractivity contribution in [2.75, 3.05) is 32.6 Å². The number of hydrogen-bond acceptors (Lipinski definition) is 9. The van der Waals surface area contributed by atoms with Gasteiger partial charge >= 0.3 is 0 Å². The fourth-order valence-corrected chi connectivity index (χ4v) is 3.99. The van der Waals surface area contributed by atoms with Crippen molar-refractivity contribution in [2.24, 2.45) is 5.10 Å². The molecule has 1 aromatic carbocycles. The van der Waals surface area contributed by atoms with Crippen molar-refractivity contribution in [1.29, 1.82) is 0 Å². The number of sulfonamides is 1. The van der Waals surface area contributed by atoms with E-state index in [2.05, 4.69) is 35.3 Å². The summed E-state index contributed by atoms with van der Waals surface area (Å²) in [5.74, 6) is 1.13. The second-order valence-corrected chi connectivity index (χ2v) is 9.11. The summed E-state index contributed by atoms with van der Waals surface area (Å²) in [4.78, 5) is 14.9. The standard InChI is InChI=1S/C21H23N9O2S/c1-29(2)12-11-27-33(31,32)17-8-6-16(7-9-17)13-25-28-20-18-14-26-30(21(18)24-15-23-20)19-5-3-4-10-22-19/h3-10,13-15,27H,11-12H2,1-2H3,(H,23,24,28)/b25-13+. The lowest BCUT2D eigenvalue weighted by Gasteiger charge is -2.11. The topological polar surface area (TPSA) is 130 Å². The Morgan fingerprint density at radius 1 is 1.09 bits per heavy atom. The normalized spacial score (nSPS) is 12.1. The van der Waals surface area contributed by atoms with Crippen molar-refractivity contribution < 1.29 is 8.42 Å². The molecule has 3 aromatic heterocycles. The van der Waals surface area contributed by atoms with Crippen LogP contribution in [-0.4, -0.2) is 71.4 Å². The monoisotopic (exact) mass is 465 g/mol. The van der Waals surface area contributed by atoms with Crippen LogP contribution in [0.15, 0.2) is 71.2 Å². The van der Waals surface area contributed by atoms with Gasteiger partial charge in [0.05, 0.1) is 22.7 Å². The molecule has 0 fully saturated rings. The molecule has 0 bridgehead atoms. The molecule has 12 heteroatoms. The van der Waals surface area contributed by atoms with Crippen LogP contribution < -0.4 is 10.1 Å². The minimum absolute atomic E-state index is 0.200. The van der Waals surface area contributed by atoms with Crippen LogP contribution in [0.1, 0.15) is 5.56 Å². The van der Waals surface area contributed by atoms with Gasteiger partial charge in [0.25, 0.3) is 0 Å². The van der Waals surface area contributed by atoms with Crippen LogP contribution in [0.25, 0.3) is 16.9 Å². The number of nitrogens with one attached hydrogen (secondary N) is 2. The lowest BCUT2D eigenvalue weighted by Crippen LogP contribution is -2.31. The van der Waals surface area contributed by atoms with Gasteiger partial charge < -0.3 is 4.90 Å². The molecular formula is C21H23N9O2S.